The van der Waals surface area contributed by atoms with Gasteiger partial charge in [-0.25, -0.2) is 9.78 Å². The lowest BCUT2D eigenvalue weighted by atomic mass is 10.2. The van der Waals surface area contributed by atoms with Crippen LogP contribution in [0.2, 0.25) is 5.15 Å². The van der Waals surface area contributed by atoms with Crippen molar-refractivity contribution in [3.05, 3.63) is 29.5 Å². The van der Waals surface area contributed by atoms with E-state index in [1.54, 1.807) is 37.4 Å². The number of hydrogen-bond acceptors (Lipinski definition) is 3. The molecule has 0 saturated heterocycles. The maximum absolute atomic E-state index is 11.6. The van der Waals surface area contributed by atoms with Crippen LogP contribution in [0.4, 0.5) is 10.6 Å². The summed E-state index contributed by atoms with van der Waals surface area (Å²) in [5.74, 6) is 0.289. The molecule has 0 aliphatic heterocycles. The molecule has 2 aromatic rings. The molecule has 2 heterocycles. The number of rotatable bonds is 1. The molecule has 0 aliphatic rings. The Kier molecular flexibility index (Phi) is 3.17. The molecule has 0 radical (unpaired) electrons. The molecule has 0 saturated carbocycles. The number of carbonyl (C=O) groups is 1. The van der Waals surface area contributed by atoms with Gasteiger partial charge in [0.2, 0.25) is 0 Å². The van der Waals surface area contributed by atoms with Gasteiger partial charge in [0.05, 0.1) is 0 Å². The Balaban J connectivity index is 2.22. The summed E-state index contributed by atoms with van der Waals surface area (Å²) in [5.41, 5.74) is 0.101. The fourth-order valence-corrected chi connectivity index (χ4v) is 1.68. The van der Waals surface area contributed by atoms with Gasteiger partial charge in [0, 0.05) is 6.20 Å². The first-order valence-corrected chi connectivity index (χ1v) is 5.87. The third-order valence-corrected chi connectivity index (χ3v) is 2.45. The molecule has 0 aliphatic carbocycles. The van der Waals surface area contributed by atoms with Gasteiger partial charge < -0.3 is 4.74 Å². The van der Waals surface area contributed by atoms with Crippen molar-refractivity contribution >= 4 is 29.2 Å². The van der Waals surface area contributed by atoms with Gasteiger partial charge in [0.1, 0.15) is 11.2 Å². The highest BCUT2D eigenvalue weighted by molar-refractivity contribution is 6.32. The first-order valence-electron chi connectivity index (χ1n) is 5.49. The number of hydrogen-bond donors (Lipinski definition) is 1. The van der Waals surface area contributed by atoms with Gasteiger partial charge >= 0.3 is 6.09 Å². The molecule has 18 heavy (non-hydrogen) atoms. The van der Waals surface area contributed by atoms with Crippen LogP contribution in [0.15, 0.2) is 24.4 Å². The number of carbonyl (C=O) groups excluding carboxylic acids is 1. The summed E-state index contributed by atoms with van der Waals surface area (Å²) >= 11 is 6.10. The number of aromatic nitrogens is 2. The van der Waals surface area contributed by atoms with E-state index in [9.17, 15) is 4.79 Å². The predicted molar refractivity (Wildman–Crippen MR) is 70.1 cm³/mol. The van der Waals surface area contributed by atoms with Crippen molar-refractivity contribution < 1.29 is 9.53 Å². The third-order valence-electron chi connectivity index (χ3n) is 2.09. The van der Waals surface area contributed by atoms with Crippen LogP contribution in [0.1, 0.15) is 20.8 Å². The van der Waals surface area contributed by atoms with Crippen molar-refractivity contribution in [2.75, 3.05) is 5.32 Å². The molecular weight excluding hydrogens is 254 g/mol. The zero-order chi connectivity index (χ0) is 13.3. The second-order valence-electron chi connectivity index (χ2n) is 4.81. The van der Waals surface area contributed by atoms with Crippen LogP contribution in [0, 0.1) is 0 Å². The third kappa shape index (κ3) is 2.73. The normalized spacial score (nSPS) is 11.6. The fraction of sp³-hybridized carbons (Fsp3) is 0.333. The molecule has 0 unspecified atom stereocenters. The molecule has 0 atom stereocenters. The summed E-state index contributed by atoms with van der Waals surface area (Å²) in [6.45, 7) is 5.37. The summed E-state index contributed by atoms with van der Waals surface area (Å²) in [5, 5.41) is 2.88. The van der Waals surface area contributed by atoms with E-state index in [4.69, 9.17) is 16.3 Å². The number of imidazole rings is 1. The first kappa shape index (κ1) is 12.7. The van der Waals surface area contributed by atoms with E-state index in [0.717, 1.165) is 0 Å². The lowest BCUT2D eigenvalue weighted by Crippen LogP contribution is -2.27. The number of amides is 1. The van der Waals surface area contributed by atoms with Crippen LogP contribution < -0.4 is 5.32 Å². The number of anilines is 1. The molecule has 1 N–H and O–H groups in total. The van der Waals surface area contributed by atoms with E-state index < -0.39 is 11.7 Å². The van der Waals surface area contributed by atoms with Crippen molar-refractivity contribution in [2.45, 2.75) is 26.4 Å². The maximum atomic E-state index is 11.6. The average molecular weight is 268 g/mol. The van der Waals surface area contributed by atoms with Crippen molar-refractivity contribution in [3.8, 4) is 0 Å². The van der Waals surface area contributed by atoms with Gasteiger partial charge in [-0.15, -0.1) is 0 Å². The van der Waals surface area contributed by atoms with Crippen molar-refractivity contribution in [1.82, 2.24) is 9.38 Å². The van der Waals surface area contributed by atoms with Gasteiger partial charge in [0.25, 0.3) is 0 Å². The highest BCUT2D eigenvalue weighted by atomic mass is 35.5. The Morgan fingerprint density at radius 1 is 1.44 bits per heavy atom. The highest BCUT2D eigenvalue weighted by Gasteiger charge is 2.19. The lowest BCUT2D eigenvalue weighted by molar-refractivity contribution is 0.0635. The van der Waals surface area contributed by atoms with Gasteiger partial charge in [-0.2, -0.15) is 0 Å². The highest BCUT2D eigenvalue weighted by Crippen LogP contribution is 2.23. The van der Waals surface area contributed by atoms with Crippen LogP contribution >= 0.6 is 11.6 Å². The van der Waals surface area contributed by atoms with E-state index in [-0.39, 0.29) is 5.82 Å². The number of pyridine rings is 1. The Hall–Kier alpha value is -1.75. The second kappa shape index (κ2) is 4.49. The predicted octanol–water partition coefficient (Wildman–Crippen LogP) is 3.33. The van der Waals surface area contributed by atoms with Gasteiger partial charge in [0.15, 0.2) is 11.0 Å². The fourth-order valence-electron chi connectivity index (χ4n) is 1.45. The number of fused-ring (bicyclic) bond motifs is 1. The molecule has 0 spiro atoms. The Morgan fingerprint density at radius 3 is 2.78 bits per heavy atom. The Bertz CT molecular complexity index is 587. The van der Waals surface area contributed by atoms with Crippen LogP contribution in [0.3, 0.4) is 0 Å². The summed E-state index contributed by atoms with van der Waals surface area (Å²) < 4.78 is 6.81. The molecule has 0 fully saturated rings. The largest absolute Gasteiger partial charge is 0.444 e. The summed E-state index contributed by atoms with van der Waals surface area (Å²) in [6.07, 6.45) is 1.19. The topological polar surface area (TPSA) is 55.6 Å². The second-order valence-corrected chi connectivity index (χ2v) is 5.16. The molecular formula is C12H14ClN3O2. The van der Waals surface area contributed by atoms with Crippen molar-refractivity contribution in [1.29, 1.82) is 0 Å². The number of nitrogens with zero attached hydrogens (tertiary/aromatic N) is 2. The number of halogens is 1. The van der Waals surface area contributed by atoms with E-state index in [0.29, 0.717) is 10.8 Å². The smallest absolute Gasteiger partial charge is 0.413 e. The Labute approximate surface area is 110 Å². The number of nitrogens with one attached hydrogen (secondary N) is 1. The summed E-state index contributed by atoms with van der Waals surface area (Å²) in [4.78, 5) is 15.8. The van der Waals surface area contributed by atoms with Crippen LogP contribution in [0.5, 0.6) is 0 Å². The van der Waals surface area contributed by atoms with Crippen LogP contribution in [-0.2, 0) is 4.74 Å². The van der Waals surface area contributed by atoms with Gasteiger partial charge in [-0.3, -0.25) is 9.72 Å². The first-order chi connectivity index (χ1) is 8.37. The number of ether oxygens (including phenoxy) is 1. The minimum atomic E-state index is -0.576. The van der Waals surface area contributed by atoms with E-state index in [1.165, 1.54) is 0 Å². The monoisotopic (exact) mass is 267 g/mol. The maximum Gasteiger partial charge on any atom is 0.413 e. The minimum Gasteiger partial charge on any atom is -0.444 e. The molecule has 0 bridgehead atoms. The molecule has 6 heteroatoms. The SMILES string of the molecule is CC(C)(C)OC(=O)Nc1nc2ccccn2c1Cl. The zero-order valence-corrected chi connectivity index (χ0v) is 11.2. The lowest BCUT2D eigenvalue weighted by Gasteiger charge is -2.19. The van der Waals surface area contributed by atoms with Gasteiger partial charge in [-0.1, -0.05) is 17.7 Å². The van der Waals surface area contributed by atoms with E-state index >= 15 is 0 Å². The molecule has 2 aromatic heterocycles. The van der Waals surface area contributed by atoms with Gasteiger partial charge in [-0.05, 0) is 32.9 Å². The molecule has 2 rings (SSSR count). The van der Waals surface area contributed by atoms with E-state index in [2.05, 4.69) is 10.3 Å². The molecule has 0 aromatic carbocycles. The quantitative estimate of drug-likeness (QED) is 0.862. The molecule has 1 amide bonds. The van der Waals surface area contributed by atoms with Crippen molar-refractivity contribution in [3.63, 3.8) is 0 Å². The average Bonchev–Trinajstić information content (AvgIpc) is 2.54. The zero-order valence-electron chi connectivity index (χ0n) is 10.4. The summed E-state index contributed by atoms with van der Waals surface area (Å²) in [7, 11) is 0. The standard InChI is InChI=1S/C12H14ClN3O2/c1-12(2,3)18-11(17)15-10-9(13)16-7-5-4-6-8(16)14-10/h4-7H,1-3H3,(H,15,17). The van der Waals surface area contributed by atoms with Crippen molar-refractivity contribution in [2.24, 2.45) is 0 Å². The Morgan fingerprint density at radius 2 is 2.17 bits per heavy atom. The molecule has 5 nitrogen and oxygen atoms in total. The van der Waals surface area contributed by atoms with E-state index in [1.807, 2.05) is 12.1 Å². The molecule has 96 valence electrons. The minimum absolute atomic E-state index is 0.289. The van der Waals surface area contributed by atoms with Crippen LogP contribution in [-0.4, -0.2) is 21.1 Å². The summed E-state index contributed by atoms with van der Waals surface area (Å²) in [6, 6.07) is 5.47. The van der Waals surface area contributed by atoms with Crippen LogP contribution in [0.25, 0.3) is 5.65 Å².